The number of rotatable bonds is 15. The van der Waals surface area contributed by atoms with Gasteiger partial charge in [0.1, 0.15) is 0 Å². The molecule has 0 saturated heterocycles. The lowest BCUT2D eigenvalue weighted by Gasteiger charge is -2.12. The summed E-state index contributed by atoms with van der Waals surface area (Å²) in [6.07, 6.45) is 11.0. The van der Waals surface area contributed by atoms with Crippen LogP contribution in [0, 0.1) is 11.8 Å². The van der Waals surface area contributed by atoms with Gasteiger partial charge in [-0.2, -0.15) is 0 Å². The van der Waals surface area contributed by atoms with Crippen LogP contribution in [-0.2, 0) is 9.59 Å². The van der Waals surface area contributed by atoms with E-state index in [4.69, 9.17) is 5.11 Å². The summed E-state index contributed by atoms with van der Waals surface area (Å²) in [6.45, 7) is 4.47. The van der Waals surface area contributed by atoms with Crippen molar-refractivity contribution < 1.29 is 19.8 Å². The minimum absolute atomic E-state index is 0.218. The molecular weight excluding hydrogens is 280 g/mol. The smallest absolute Gasteiger partial charge is 0.306 e. The molecule has 0 heterocycles. The van der Waals surface area contributed by atoms with Gasteiger partial charge in [-0.3, -0.25) is 9.59 Å². The Balaban J connectivity index is 3.61. The molecule has 0 saturated carbocycles. The highest BCUT2D eigenvalue weighted by molar-refractivity contribution is 5.69. The Morgan fingerprint density at radius 3 is 1.59 bits per heavy atom. The predicted molar refractivity (Wildman–Crippen MR) is 89.0 cm³/mol. The van der Waals surface area contributed by atoms with Gasteiger partial charge < -0.3 is 10.2 Å². The number of hydrogen-bond donors (Lipinski definition) is 2. The SMILES string of the molecule is CC(C)CCCCCCC(CCCCCCC(=O)O)C(=O)O. The van der Waals surface area contributed by atoms with Crippen LogP contribution < -0.4 is 0 Å². The van der Waals surface area contributed by atoms with E-state index in [2.05, 4.69) is 13.8 Å². The summed E-state index contributed by atoms with van der Waals surface area (Å²) >= 11 is 0. The largest absolute Gasteiger partial charge is 0.481 e. The minimum Gasteiger partial charge on any atom is -0.481 e. The van der Waals surface area contributed by atoms with E-state index < -0.39 is 11.9 Å². The van der Waals surface area contributed by atoms with Crippen molar-refractivity contribution in [1.82, 2.24) is 0 Å². The molecular formula is C18H34O4. The summed E-state index contributed by atoms with van der Waals surface area (Å²) in [4.78, 5) is 21.6. The quantitative estimate of drug-likeness (QED) is 0.412. The van der Waals surface area contributed by atoms with Gasteiger partial charge in [0.25, 0.3) is 0 Å². The van der Waals surface area contributed by atoms with Crippen molar-refractivity contribution in [3.05, 3.63) is 0 Å². The molecule has 0 rings (SSSR count). The zero-order chi connectivity index (χ0) is 16.8. The van der Waals surface area contributed by atoms with Crippen molar-refractivity contribution in [3.63, 3.8) is 0 Å². The van der Waals surface area contributed by atoms with E-state index in [1.807, 2.05) is 0 Å². The number of aliphatic carboxylic acids is 2. The van der Waals surface area contributed by atoms with E-state index in [0.717, 1.165) is 50.9 Å². The Morgan fingerprint density at radius 1 is 0.727 bits per heavy atom. The molecule has 0 aromatic carbocycles. The number of hydrogen-bond acceptors (Lipinski definition) is 2. The second-order valence-corrected chi connectivity index (χ2v) is 6.77. The van der Waals surface area contributed by atoms with Crippen molar-refractivity contribution in [2.24, 2.45) is 11.8 Å². The normalized spacial score (nSPS) is 12.5. The monoisotopic (exact) mass is 314 g/mol. The van der Waals surface area contributed by atoms with Crippen LogP contribution in [0.3, 0.4) is 0 Å². The van der Waals surface area contributed by atoms with Crippen LogP contribution >= 0.6 is 0 Å². The lowest BCUT2D eigenvalue weighted by atomic mass is 9.94. The van der Waals surface area contributed by atoms with Gasteiger partial charge in [0.15, 0.2) is 0 Å². The van der Waals surface area contributed by atoms with Gasteiger partial charge in [-0.15, -0.1) is 0 Å². The average molecular weight is 314 g/mol. The van der Waals surface area contributed by atoms with E-state index in [1.54, 1.807) is 0 Å². The molecule has 0 bridgehead atoms. The van der Waals surface area contributed by atoms with Crippen LogP contribution in [0.1, 0.15) is 90.9 Å². The molecule has 0 aliphatic heterocycles. The third kappa shape index (κ3) is 13.9. The van der Waals surface area contributed by atoms with Gasteiger partial charge in [0.05, 0.1) is 5.92 Å². The number of carbonyl (C=O) groups is 2. The summed E-state index contributed by atoms with van der Waals surface area (Å²) in [5.41, 5.74) is 0. The first-order valence-electron chi connectivity index (χ1n) is 8.88. The Labute approximate surface area is 135 Å². The Hall–Kier alpha value is -1.06. The Bertz CT molecular complexity index is 299. The topological polar surface area (TPSA) is 74.6 Å². The molecule has 0 aliphatic carbocycles. The number of carboxylic acid groups (broad SMARTS) is 2. The molecule has 0 fully saturated rings. The molecule has 4 nitrogen and oxygen atoms in total. The highest BCUT2D eigenvalue weighted by atomic mass is 16.4. The second-order valence-electron chi connectivity index (χ2n) is 6.77. The maximum absolute atomic E-state index is 11.2. The van der Waals surface area contributed by atoms with Gasteiger partial charge in [-0.25, -0.2) is 0 Å². The van der Waals surface area contributed by atoms with Crippen LogP contribution in [-0.4, -0.2) is 22.2 Å². The first kappa shape index (κ1) is 20.9. The molecule has 0 amide bonds. The summed E-state index contributed by atoms with van der Waals surface area (Å²) in [6, 6.07) is 0. The van der Waals surface area contributed by atoms with Gasteiger partial charge in [0, 0.05) is 6.42 Å². The minimum atomic E-state index is -0.749. The molecule has 0 spiro atoms. The van der Waals surface area contributed by atoms with Crippen molar-refractivity contribution in [2.45, 2.75) is 90.9 Å². The van der Waals surface area contributed by atoms with E-state index >= 15 is 0 Å². The summed E-state index contributed by atoms with van der Waals surface area (Å²) < 4.78 is 0. The third-order valence-electron chi connectivity index (χ3n) is 4.13. The van der Waals surface area contributed by atoms with Gasteiger partial charge in [-0.1, -0.05) is 65.2 Å². The van der Waals surface area contributed by atoms with Gasteiger partial charge >= 0.3 is 11.9 Å². The first-order chi connectivity index (χ1) is 10.4. The van der Waals surface area contributed by atoms with Crippen LogP contribution in [0.4, 0.5) is 0 Å². The summed E-state index contributed by atoms with van der Waals surface area (Å²) in [5.74, 6) is -0.883. The Kier molecular flexibility index (Phi) is 12.9. The maximum Gasteiger partial charge on any atom is 0.306 e. The molecule has 1 atom stereocenters. The highest BCUT2D eigenvalue weighted by Crippen LogP contribution is 2.19. The molecule has 0 aromatic rings. The molecule has 0 radical (unpaired) electrons. The molecule has 22 heavy (non-hydrogen) atoms. The number of carboxylic acids is 2. The van der Waals surface area contributed by atoms with Crippen LogP contribution in [0.2, 0.25) is 0 Å². The Morgan fingerprint density at radius 2 is 1.18 bits per heavy atom. The first-order valence-corrected chi connectivity index (χ1v) is 8.88. The standard InChI is InChI=1S/C18H34O4/c1-15(2)11-7-3-4-8-12-16(18(21)22)13-9-5-6-10-14-17(19)20/h15-16H,3-14H2,1-2H3,(H,19,20)(H,21,22). The molecule has 1 unspecified atom stereocenters. The summed E-state index contributed by atoms with van der Waals surface area (Å²) in [7, 11) is 0. The maximum atomic E-state index is 11.2. The van der Waals surface area contributed by atoms with Crippen LogP contribution in [0.5, 0.6) is 0 Å². The van der Waals surface area contributed by atoms with E-state index in [1.165, 1.54) is 19.3 Å². The fraction of sp³-hybridized carbons (Fsp3) is 0.889. The van der Waals surface area contributed by atoms with Gasteiger partial charge in [-0.05, 0) is 25.2 Å². The molecule has 2 N–H and O–H groups in total. The summed E-state index contributed by atoms with van der Waals surface area (Å²) in [5, 5.41) is 17.8. The van der Waals surface area contributed by atoms with Crippen molar-refractivity contribution in [3.8, 4) is 0 Å². The van der Waals surface area contributed by atoms with Gasteiger partial charge in [0.2, 0.25) is 0 Å². The zero-order valence-corrected chi connectivity index (χ0v) is 14.4. The number of unbranched alkanes of at least 4 members (excludes halogenated alkanes) is 6. The van der Waals surface area contributed by atoms with Crippen molar-refractivity contribution >= 4 is 11.9 Å². The second kappa shape index (κ2) is 13.6. The van der Waals surface area contributed by atoms with E-state index in [0.29, 0.717) is 6.42 Å². The zero-order valence-electron chi connectivity index (χ0n) is 14.4. The van der Waals surface area contributed by atoms with Crippen LogP contribution in [0.25, 0.3) is 0 Å². The molecule has 130 valence electrons. The van der Waals surface area contributed by atoms with Crippen molar-refractivity contribution in [2.75, 3.05) is 0 Å². The average Bonchev–Trinajstić information content (AvgIpc) is 2.42. The van der Waals surface area contributed by atoms with E-state index in [9.17, 15) is 14.7 Å². The third-order valence-corrected chi connectivity index (χ3v) is 4.13. The lowest BCUT2D eigenvalue weighted by molar-refractivity contribution is -0.142. The highest BCUT2D eigenvalue weighted by Gasteiger charge is 2.16. The fourth-order valence-corrected chi connectivity index (χ4v) is 2.71. The molecule has 4 heteroatoms. The lowest BCUT2D eigenvalue weighted by Crippen LogP contribution is -2.13. The van der Waals surface area contributed by atoms with Crippen molar-refractivity contribution in [1.29, 1.82) is 0 Å². The van der Waals surface area contributed by atoms with E-state index in [-0.39, 0.29) is 12.3 Å². The molecule has 0 aromatic heterocycles. The van der Waals surface area contributed by atoms with Crippen LogP contribution in [0.15, 0.2) is 0 Å². The fourth-order valence-electron chi connectivity index (χ4n) is 2.71. The predicted octanol–water partition coefficient (Wildman–Crippen LogP) is 5.11. The molecule has 0 aliphatic rings.